The van der Waals surface area contributed by atoms with E-state index in [0.717, 1.165) is 22.2 Å². The van der Waals surface area contributed by atoms with Crippen molar-refractivity contribution in [3.8, 4) is 5.75 Å². The molecule has 0 spiro atoms. The number of carbonyl (C=O) groups excluding carboxylic acids is 2. The first-order valence-corrected chi connectivity index (χ1v) is 9.50. The summed E-state index contributed by atoms with van der Waals surface area (Å²) in [5.74, 6) is -0.125. The Labute approximate surface area is 174 Å². The lowest BCUT2D eigenvalue weighted by atomic mass is 10.1. The van der Waals surface area contributed by atoms with Crippen LogP contribution in [0.1, 0.15) is 11.1 Å². The Bertz CT molecular complexity index is 1070. The second-order valence-electron chi connectivity index (χ2n) is 6.85. The van der Waals surface area contributed by atoms with Crippen molar-refractivity contribution in [1.29, 1.82) is 0 Å². The maximum absolute atomic E-state index is 12.4. The molecule has 3 rings (SSSR count). The molecule has 1 aromatic heterocycles. The van der Waals surface area contributed by atoms with E-state index in [2.05, 4.69) is 10.3 Å². The first-order chi connectivity index (χ1) is 13.8. The zero-order valence-corrected chi connectivity index (χ0v) is 17.3. The number of aryl methyl sites for hydroxylation is 2. The van der Waals surface area contributed by atoms with Crippen molar-refractivity contribution in [3.63, 3.8) is 0 Å². The van der Waals surface area contributed by atoms with Crippen molar-refractivity contribution < 1.29 is 14.3 Å². The number of benzene rings is 2. The van der Waals surface area contributed by atoms with Gasteiger partial charge in [0.2, 0.25) is 5.91 Å². The van der Waals surface area contributed by atoms with E-state index < -0.39 is 0 Å². The van der Waals surface area contributed by atoms with E-state index in [-0.39, 0.29) is 25.0 Å². The molecule has 1 heterocycles. The number of nitrogens with one attached hydrogen (secondary N) is 1. The Kier molecular flexibility index (Phi) is 6.34. The molecule has 0 aliphatic heterocycles. The Morgan fingerprint density at radius 2 is 1.97 bits per heavy atom. The van der Waals surface area contributed by atoms with Gasteiger partial charge in [-0.25, -0.2) is 0 Å². The van der Waals surface area contributed by atoms with Gasteiger partial charge in [0.1, 0.15) is 11.3 Å². The van der Waals surface area contributed by atoms with Crippen molar-refractivity contribution in [2.24, 2.45) is 0 Å². The number of pyridine rings is 1. The molecular weight excluding hydrogens is 390 g/mol. The first kappa shape index (κ1) is 20.6. The van der Waals surface area contributed by atoms with Gasteiger partial charge in [-0.05, 0) is 55.3 Å². The maximum Gasteiger partial charge on any atom is 0.260 e. The molecule has 3 aromatic rings. The Morgan fingerprint density at radius 3 is 2.76 bits per heavy atom. The quantitative estimate of drug-likeness (QED) is 0.666. The second kappa shape index (κ2) is 8.92. The highest BCUT2D eigenvalue weighted by Gasteiger charge is 2.16. The van der Waals surface area contributed by atoms with Crippen LogP contribution in [0.2, 0.25) is 5.02 Å². The molecule has 0 bridgehead atoms. The van der Waals surface area contributed by atoms with Crippen LogP contribution in [0.15, 0.2) is 48.7 Å². The smallest absolute Gasteiger partial charge is 0.260 e. The summed E-state index contributed by atoms with van der Waals surface area (Å²) >= 11 is 6.17. The normalized spacial score (nSPS) is 10.6. The number of amides is 2. The third-order valence-corrected chi connectivity index (χ3v) is 4.83. The number of likely N-dealkylation sites (N-methyl/N-ethyl adjacent to an activating group) is 1. The largest absolute Gasteiger partial charge is 0.481 e. The van der Waals surface area contributed by atoms with Crippen LogP contribution in [0.4, 0.5) is 5.69 Å². The third kappa shape index (κ3) is 5.03. The number of aromatic nitrogens is 1. The number of nitrogens with zero attached hydrogens (tertiary/aromatic N) is 2. The zero-order valence-electron chi connectivity index (χ0n) is 16.5. The molecule has 0 saturated heterocycles. The van der Waals surface area contributed by atoms with Crippen LogP contribution < -0.4 is 10.1 Å². The summed E-state index contributed by atoms with van der Waals surface area (Å²) in [6.07, 6.45) is 1.64. The average molecular weight is 412 g/mol. The average Bonchev–Trinajstić information content (AvgIpc) is 2.70. The minimum absolute atomic E-state index is 0.0742. The van der Waals surface area contributed by atoms with Crippen molar-refractivity contribution in [1.82, 2.24) is 9.88 Å². The topological polar surface area (TPSA) is 71.5 Å². The predicted molar refractivity (Wildman–Crippen MR) is 114 cm³/mol. The maximum atomic E-state index is 12.4. The van der Waals surface area contributed by atoms with Crippen molar-refractivity contribution >= 4 is 40.0 Å². The van der Waals surface area contributed by atoms with E-state index in [4.69, 9.17) is 16.3 Å². The van der Waals surface area contributed by atoms with Gasteiger partial charge in [-0.15, -0.1) is 0 Å². The van der Waals surface area contributed by atoms with Gasteiger partial charge < -0.3 is 15.0 Å². The summed E-state index contributed by atoms with van der Waals surface area (Å²) in [6.45, 7) is 3.59. The van der Waals surface area contributed by atoms with Crippen LogP contribution in [0.3, 0.4) is 0 Å². The molecule has 0 radical (unpaired) electrons. The fourth-order valence-corrected chi connectivity index (χ4v) is 3.06. The van der Waals surface area contributed by atoms with Crippen LogP contribution in [0.25, 0.3) is 10.9 Å². The van der Waals surface area contributed by atoms with Crippen LogP contribution >= 0.6 is 11.6 Å². The number of carbonyl (C=O) groups is 2. The number of ether oxygens (including phenoxy) is 1. The molecule has 7 heteroatoms. The molecule has 0 saturated carbocycles. The minimum Gasteiger partial charge on any atom is -0.481 e. The van der Waals surface area contributed by atoms with Gasteiger partial charge in [0, 0.05) is 24.3 Å². The van der Waals surface area contributed by atoms with Crippen LogP contribution in [0, 0.1) is 13.8 Å². The molecule has 0 fully saturated rings. The highest BCUT2D eigenvalue weighted by molar-refractivity contribution is 6.35. The summed E-state index contributed by atoms with van der Waals surface area (Å²) < 4.78 is 5.65. The molecular formula is C22H22ClN3O3. The molecule has 0 unspecified atom stereocenters. The van der Waals surface area contributed by atoms with Crippen molar-refractivity contribution in [2.75, 3.05) is 25.5 Å². The van der Waals surface area contributed by atoms with E-state index in [1.807, 2.05) is 38.1 Å². The van der Waals surface area contributed by atoms with Crippen LogP contribution in [-0.4, -0.2) is 41.9 Å². The molecule has 2 amide bonds. The standard InChI is InChI=1S/C22H22ClN3O3/c1-14-6-7-15(2)18(11-14)25-20(27)12-26(3)21(28)13-29-19-9-8-17(23)16-5-4-10-24-22(16)19/h4-11H,12-13H2,1-3H3,(H,25,27). The molecule has 29 heavy (non-hydrogen) atoms. The minimum atomic E-state index is -0.319. The van der Waals surface area contributed by atoms with E-state index in [1.165, 1.54) is 4.90 Å². The SMILES string of the molecule is Cc1ccc(C)c(NC(=O)CN(C)C(=O)COc2ccc(Cl)c3cccnc23)c1. The van der Waals surface area contributed by atoms with Crippen molar-refractivity contribution in [2.45, 2.75) is 13.8 Å². The number of halogens is 1. The fraction of sp³-hybridized carbons (Fsp3) is 0.227. The van der Waals surface area contributed by atoms with Crippen LogP contribution in [-0.2, 0) is 9.59 Å². The van der Waals surface area contributed by atoms with E-state index >= 15 is 0 Å². The fourth-order valence-electron chi connectivity index (χ4n) is 2.84. The Hall–Kier alpha value is -3.12. The summed E-state index contributed by atoms with van der Waals surface area (Å²) in [5, 5.41) is 4.16. The number of anilines is 1. The number of rotatable bonds is 6. The summed E-state index contributed by atoms with van der Waals surface area (Å²) in [6, 6.07) is 12.8. The number of hydrogen-bond donors (Lipinski definition) is 1. The predicted octanol–water partition coefficient (Wildman–Crippen LogP) is 3.98. The molecule has 150 valence electrons. The van der Waals surface area contributed by atoms with E-state index in [0.29, 0.717) is 16.3 Å². The lowest BCUT2D eigenvalue weighted by molar-refractivity contribution is -0.135. The summed E-state index contributed by atoms with van der Waals surface area (Å²) in [5.41, 5.74) is 3.34. The highest BCUT2D eigenvalue weighted by Crippen LogP contribution is 2.29. The first-order valence-electron chi connectivity index (χ1n) is 9.12. The van der Waals surface area contributed by atoms with Crippen LogP contribution in [0.5, 0.6) is 5.75 Å². The lowest BCUT2D eigenvalue weighted by Crippen LogP contribution is -2.37. The molecule has 0 aliphatic rings. The zero-order chi connectivity index (χ0) is 21.0. The molecule has 0 atom stereocenters. The third-order valence-electron chi connectivity index (χ3n) is 4.50. The van der Waals surface area contributed by atoms with Gasteiger partial charge in [0.25, 0.3) is 5.91 Å². The van der Waals surface area contributed by atoms with Gasteiger partial charge in [0.15, 0.2) is 6.61 Å². The molecule has 6 nitrogen and oxygen atoms in total. The second-order valence-corrected chi connectivity index (χ2v) is 7.26. The summed E-state index contributed by atoms with van der Waals surface area (Å²) in [4.78, 5) is 30.3. The number of fused-ring (bicyclic) bond motifs is 1. The van der Waals surface area contributed by atoms with E-state index in [1.54, 1.807) is 31.4 Å². The number of hydrogen-bond acceptors (Lipinski definition) is 4. The van der Waals surface area contributed by atoms with Gasteiger partial charge in [-0.3, -0.25) is 14.6 Å². The summed E-state index contributed by atoms with van der Waals surface area (Å²) in [7, 11) is 1.56. The Balaban J connectivity index is 1.59. The lowest BCUT2D eigenvalue weighted by Gasteiger charge is -2.18. The van der Waals surface area contributed by atoms with Gasteiger partial charge in [-0.2, -0.15) is 0 Å². The monoisotopic (exact) mass is 411 g/mol. The van der Waals surface area contributed by atoms with Crippen molar-refractivity contribution in [3.05, 3.63) is 64.8 Å². The van der Waals surface area contributed by atoms with E-state index in [9.17, 15) is 9.59 Å². The Morgan fingerprint density at radius 1 is 1.17 bits per heavy atom. The molecule has 2 aromatic carbocycles. The van der Waals surface area contributed by atoms with Gasteiger partial charge in [0.05, 0.1) is 11.6 Å². The van der Waals surface area contributed by atoms with Gasteiger partial charge in [-0.1, -0.05) is 23.7 Å². The highest BCUT2D eigenvalue weighted by atomic mass is 35.5. The van der Waals surface area contributed by atoms with Gasteiger partial charge >= 0.3 is 0 Å². The molecule has 1 N–H and O–H groups in total. The molecule has 0 aliphatic carbocycles.